The number of ketones is 1. The number of hydrogen-bond donors (Lipinski definition) is 3. The van der Waals surface area contributed by atoms with Crippen LogP contribution in [0.4, 0.5) is 10.7 Å². The smallest absolute Gasteiger partial charge is 0.256 e. The van der Waals surface area contributed by atoms with E-state index in [1.54, 1.807) is 7.05 Å². The maximum absolute atomic E-state index is 12.2. The molecule has 1 aliphatic carbocycles. The van der Waals surface area contributed by atoms with Crippen molar-refractivity contribution in [3.63, 3.8) is 0 Å². The van der Waals surface area contributed by atoms with Crippen molar-refractivity contribution in [3.8, 4) is 0 Å². The van der Waals surface area contributed by atoms with Gasteiger partial charge in [0.25, 0.3) is 5.91 Å². The van der Waals surface area contributed by atoms with Gasteiger partial charge >= 0.3 is 0 Å². The molecule has 0 saturated heterocycles. The third kappa shape index (κ3) is 3.05. The molecular formula is C15H23N3O2S. The maximum atomic E-state index is 12.2. The van der Waals surface area contributed by atoms with E-state index in [4.69, 9.17) is 5.73 Å². The van der Waals surface area contributed by atoms with E-state index in [-0.39, 0.29) is 17.6 Å². The summed E-state index contributed by atoms with van der Waals surface area (Å²) in [6, 6.07) is 0.387. The highest BCUT2D eigenvalue weighted by Gasteiger charge is 2.37. The largest absolute Gasteiger partial charge is 0.397 e. The van der Waals surface area contributed by atoms with Gasteiger partial charge in [-0.2, -0.15) is 0 Å². The third-order valence-electron chi connectivity index (χ3n) is 3.91. The Morgan fingerprint density at radius 1 is 1.43 bits per heavy atom. The Kier molecular flexibility index (Phi) is 4.56. The molecule has 21 heavy (non-hydrogen) atoms. The van der Waals surface area contributed by atoms with Crippen molar-refractivity contribution >= 4 is 33.7 Å². The van der Waals surface area contributed by atoms with Crippen LogP contribution in [0.3, 0.4) is 0 Å². The standard InChI is InChI=1S/C15H23N3O2S/c1-5-8-6-9(8)18-15-10(14(20)17-4)11(16)13(21-15)12(19)7(2)3/h7-9,18H,5-6,16H2,1-4H3,(H,17,20). The average Bonchev–Trinajstić information content (AvgIpc) is 3.13. The summed E-state index contributed by atoms with van der Waals surface area (Å²) in [6.07, 6.45) is 2.22. The molecule has 0 aromatic carbocycles. The minimum atomic E-state index is -0.247. The maximum Gasteiger partial charge on any atom is 0.256 e. The first-order valence-electron chi connectivity index (χ1n) is 7.35. The number of carbonyl (C=O) groups excluding carboxylic acids is 2. The molecule has 0 spiro atoms. The van der Waals surface area contributed by atoms with Crippen molar-refractivity contribution in [1.82, 2.24) is 5.32 Å². The molecule has 5 nitrogen and oxygen atoms in total. The van der Waals surface area contributed by atoms with E-state index in [2.05, 4.69) is 17.6 Å². The summed E-state index contributed by atoms with van der Waals surface area (Å²) in [5.41, 5.74) is 6.78. The summed E-state index contributed by atoms with van der Waals surface area (Å²) in [4.78, 5) is 24.8. The quantitative estimate of drug-likeness (QED) is 0.705. The van der Waals surface area contributed by atoms with Gasteiger partial charge in [-0.15, -0.1) is 11.3 Å². The molecule has 2 atom stereocenters. The summed E-state index contributed by atoms with van der Waals surface area (Å²) >= 11 is 1.30. The fraction of sp³-hybridized carbons (Fsp3) is 0.600. The fourth-order valence-electron chi connectivity index (χ4n) is 2.39. The SMILES string of the molecule is CCC1CC1Nc1sc(C(=O)C(C)C)c(N)c1C(=O)NC. The average molecular weight is 309 g/mol. The Hall–Kier alpha value is -1.56. The van der Waals surface area contributed by atoms with E-state index in [0.29, 0.717) is 28.1 Å². The number of carbonyl (C=O) groups is 2. The zero-order valence-corrected chi connectivity index (χ0v) is 13.8. The topological polar surface area (TPSA) is 84.2 Å². The van der Waals surface area contributed by atoms with Crippen molar-refractivity contribution < 1.29 is 9.59 Å². The summed E-state index contributed by atoms with van der Waals surface area (Å²) in [5.74, 6) is 0.247. The Balaban J connectivity index is 2.35. The number of thiophene rings is 1. The second-order valence-electron chi connectivity index (χ2n) is 5.80. The van der Waals surface area contributed by atoms with Crippen molar-refractivity contribution in [2.75, 3.05) is 18.1 Å². The second-order valence-corrected chi connectivity index (χ2v) is 6.82. The van der Waals surface area contributed by atoms with E-state index < -0.39 is 0 Å². The van der Waals surface area contributed by atoms with Crippen LogP contribution in [0.1, 0.15) is 53.6 Å². The molecular weight excluding hydrogens is 286 g/mol. The number of nitrogen functional groups attached to an aromatic ring is 1. The van der Waals surface area contributed by atoms with Gasteiger partial charge in [0.1, 0.15) is 5.00 Å². The first-order chi connectivity index (χ1) is 9.90. The predicted octanol–water partition coefficient (Wildman–Crippen LogP) is 2.74. The first-order valence-corrected chi connectivity index (χ1v) is 8.17. The highest BCUT2D eigenvalue weighted by atomic mass is 32.1. The van der Waals surface area contributed by atoms with Gasteiger partial charge in [0.05, 0.1) is 16.1 Å². The van der Waals surface area contributed by atoms with Gasteiger partial charge in [-0.1, -0.05) is 27.2 Å². The number of hydrogen-bond acceptors (Lipinski definition) is 5. The molecule has 1 aromatic rings. The van der Waals surface area contributed by atoms with Crippen LogP contribution in [0.2, 0.25) is 0 Å². The number of nitrogens with two attached hydrogens (primary N) is 1. The number of rotatable bonds is 6. The molecule has 1 saturated carbocycles. The van der Waals surface area contributed by atoms with Crippen LogP contribution in [0.5, 0.6) is 0 Å². The van der Waals surface area contributed by atoms with Gasteiger partial charge in [0.15, 0.2) is 5.78 Å². The molecule has 1 aliphatic rings. The van der Waals surface area contributed by atoms with Crippen LogP contribution < -0.4 is 16.4 Å². The normalized spacial score (nSPS) is 20.4. The Labute approximate surface area is 129 Å². The van der Waals surface area contributed by atoms with E-state index in [1.807, 2.05) is 13.8 Å². The zero-order valence-electron chi connectivity index (χ0n) is 12.9. The summed E-state index contributed by atoms with van der Waals surface area (Å²) in [6.45, 7) is 5.83. The number of nitrogens with one attached hydrogen (secondary N) is 2. The predicted molar refractivity (Wildman–Crippen MR) is 87.1 cm³/mol. The molecule has 1 aromatic heterocycles. The summed E-state index contributed by atoms with van der Waals surface area (Å²) < 4.78 is 0. The summed E-state index contributed by atoms with van der Waals surface area (Å²) in [7, 11) is 1.57. The van der Waals surface area contributed by atoms with Crippen LogP contribution in [-0.2, 0) is 0 Å². The van der Waals surface area contributed by atoms with Crippen LogP contribution in [0.15, 0.2) is 0 Å². The molecule has 2 unspecified atom stereocenters. The molecule has 116 valence electrons. The lowest BCUT2D eigenvalue weighted by Crippen LogP contribution is -2.21. The lowest BCUT2D eigenvalue weighted by molar-refractivity contribution is 0.0944. The van der Waals surface area contributed by atoms with Gasteiger partial charge < -0.3 is 16.4 Å². The van der Waals surface area contributed by atoms with Crippen molar-refractivity contribution in [1.29, 1.82) is 0 Å². The fourth-order valence-corrected chi connectivity index (χ4v) is 3.65. The van der Waals surface area contributed by atoms with Gasteiger partial charge in [0, 0.05) is 19.0 Å². The van der Waals surface area contributed by atoms with Gasteiger partial charge in [-0.05, 0) is 12.3 Å². The zero-order chi connectivity index (χ0) is 15.7. The molecule has 4 N–H and O–H groups in total. The molecule has 6 heteroatoms. The molecule has 0 bridgehead atoms. The second kappa shape index (κ2) is 6.05. The minimum absolute atomic E-state index is 0.0152. The summed E-state index contributed by atoms with van der Waals surface area (Å²) in [5, 5.41) is 6.70. The molecule has 2 rings (SSSR count). The van der Waals surface area contributed by atoms with Gasteiger partial charge in [0.2, 0.25) is 0 Å². The van der Waals surface area contributed by atoms with Gasteiger partial charge in [-0.3, -0.25) is 9.59 Å². The van der Waals surface area contributed by atoms with E-state index in [9.17, 15) is 9.59 Å². The van der Waals surface area contributed by atoms with Crippen molar-refractivity contribution in [2.24, 2.45) is 11.8 Å². The van der Waals surface area contributed by atoms with Crippen LogP contribution in [0, 0.1) is 11.8 Å². The molecule has 1 fully saturated rings. The Morgan fingerprint density at radius 3 is 2.57 bits per heavy atom. The minimum Gasteiger partial charge on any atom is -0.397 e. The van der Waals surface area contributed by atoms with Crippen LogP contribution >= 0.6 is 11.3 Å². The molecule has 0 radical (unpaired) electrons. The van der Waals surface area contributed by atoms with E-state index >= 15 is 0 Å². The Morgan fingerprint density at radius 2 is 2.10 bits per heavy atom. The lowest BCUT2D eigenvalue weighted by atomic mass is 10.1. The van der Waals surface area contributed by atoms with E-state index in [0.717, 1.165) is 17.8 Å². The van der Waals surface area contributed by atoms with Crippen molar-refractivity contribution in [3.05, 3.63) is 10.4 Å². The molecule has 1 amide bonds. The molecule has 0 aliphatic heterocycles. The number of amides is 1. The molecule has 1 heterocycles. The monoisotopic (exact) mass is 309 g/mol. The Bertz CT molecular complexity index is 566. The number of Topliss-reactive ketones (excluding diaryl/α,β-unsaturated/α-hetero) is 1. The lowest BCUT2D eigenvalue weighted by Gasteiger charge is -2.06. The van der Waals surface area contributed by atoms with E-state index in [1.165, 1.54) is 11.3 Å². The van der Waals surface area contributed by atoms with Crippen LogP contribution in [0.25, 0.3) is 0 Å². The highest BCUT2D eigenvalue weighted by Crippen LogP contribution is 2.42. The number of anilines is 2. The van der Waals surface area contributed by atoms with Crippen molar-refractivity contribution in [2.45, 2.75) is 39.7 Å². The van der Waals surface area contributed by atoms with Gasteiger partial charge in [-0.25, -0.2) is 0 Å². The first kappa shape index (κ1) is 15.8. The third-order valence-corrected chi connectivity index (χ3v) is 5.06. The van der Waals surface area contributed by atoms with Crippen LogP contribution in [-0.4, -0.2) is 24.8 Å². The highest BCUT2D eigenvalue weighted by molar-refractivity contribution is 7.19.